The van der Waals surface area contributed by atoms with Crippen LogP contribution in [0.25, 0.3) is 21.9 Å². The minimum absolute atomic E-state index is 0.316. The Morgan fingerprint density at radius 3 is 2.63 bits per heavy atom. The number of pyridine rings is 2. The largest absolute Gasteiger partial charge is 0.497 e. The third-order valence-corrected chi connectivity index (χ3v) is 6.11. The second-order valence-corrected chi connectivity index (χ2v) is 8.38. The van der Waals surface area contributed by atoms with Crippen LogP contribution in [0.1, 0.15) is 15.9 Å². The first-order valence-corrected chi connectivity index (χ1v) is 11.5. The summed E-state index contributed by atoms with van der Waals surface area (Å²) in [5.41, 5.74) is 2.95. The molecule has 1 N–H and O–H groups in total. The molecule has 0 aliphatic heterocycles. The molecule has 0 radical (unpaired) electrons. The van der Waals surface area contributed by atoms with E-state index in [1.807, 2.05) is 42.5 Å². The van der Waals surface area contributed by atoms with Gasteiger partial charge < -0.3 is 13.9 Å². The summed E-state index contributed by atoms with van der Waals surface area (Å²) in [5, 5.41) is 3.33. The van der Waals surface area contributed by atoms with Crippen LogP contribution in [-0.4, -0.2) is 28.0 Å². The Balaban J connectivity index is 1.32. The number of nitrogens with zero attached hydrogens (tertiary/aromatic N) is 3. The van der Waals surface area contributed by atoms with E-state index in [1.165, 1.54) is 17.5 Å². The molecule has 0 bridgehead atoms. The molecule has 8 nitrogen and oxygen atoms in total. The Hall–Kier alpha value is -4.50. The molecule has 0 saturated carbocycles. The molecule has 35 heavy (non-hydrogen) atoms. The second kappa shape index (κ2) is 10.2. The molecule has 0 unspecified atom stereocenters. The van der Waals surface area contributed by atoms with Crippen LogP contribution in [0.4, 0.5) is 5.13 Å². The molecule has 0 aliphatic rings. The van der Waals surface area contributed by atoms with E-state index in [2.05, 4.69) is 20.3 Å². The predicted molar refractivity (Wildman–Crippen MR) is 133 cm³/mol. The number of benzene rings is 1. The van der Waals surface area contributed by atoms with Crippen LogP contribution in [0.15, 0.2) is 89.9 Å². The molecule has 1 aromatic carbocycles. The predicted octanol–water partition coefficient (Wildman–Crippen LogP) is 5.70. The van der Waals surface area contributed by atoms with Crippen LogP contribution in [0.2, 0.25) is 0 Å². The first kappa shape index (κ1) is 22.3. The number of rotatable bonds is 8. The first-order chi connectivity index (χ1) is 17.2. The average molecular weight is 485 g/mol. The molecule has 9 heteroatoms. The molecule has 4 aromatic heterocycles. The normalized spacial score (nSPS) is 10.7. The highest BCUT2D eigenvalue weighted by molar-refractivity contribution is 7.19. The van der Waals surface area contributed by atoms with Crippen molar-refractivity contribution in [3.05, 3.63) is 96.6 Å². The Kier molecular flexibility index (Phi) is 6.49. The van der Waals surface area contributed by atoms with Crippen molar-refractivity contribution >= 4 is 22.4 Å². The summed E-state index contributed by atoms with van der Waals surface area (Å²) in [4.78, 5) is 26.8. The van der Waals surface area contributed by atoms with Gasteiger partial charge in [0.2, 0.25) is 5.88 Å². The summed E-state index contributed by atoms with van der Waals surface area (Å²) in [5.74, 6) is 1.42. The second-order valence-electron chi connectivity index (χ2n) is 7.38. The number of amides is 1. The van der Waals surface area contributed by atoms with Crippen molar-refractivity contribution in [3.8, 4) is 33.5 Å². The molecular weight excluding hydrogens is 464 g/mol. The van der Waals surface area contributed by atoms with Gasteiger partial charge in [0.25, 0.3) is 5.91 Å². The van der Waals surface area contributed by atoms with Gasteiger partial charge in [-0.05, 0) is 53.6 Å². The summed E-state index contributed by atoms with van der Waals surface area (Å²) in [7, 11) is 1.62. The zero-order chi connectivity index (χ0) is 24.0. The first-order valence-electron chi connectivity index (χ1n) is 10.7. The van der Waals surface area contributed by atoms with Gasteiger partial charge in [-0.1, -0.05) is 23.5 Å². The quantitative estimate of drug-likeness (QED) is 0.302. The van der Waals surface area contributed by atoms with Crippen molar-refractivity contribution in [2.45, 2.75) is 6.61 Å². The van der Waals surface area contributed by atoms with E-state index < -0.39 is 0 Å². The Bertz CT molecular complexity index is 1420. The van der Waals surface area contributed by atoms with E-state index in [4.69, 9.17) is 13.9 Å². The number of nitrogens with one attached hydrogen (secondary N) is 1. The highest BCUT2D eigenvalue weighted by atomic mass is 32.1. The molecule has 5 rings (SSSR count). The van der Waals surface area contributed by atoms with Gasteiger partial charge in [-0.25, -0.2) is 9.97 Å². The van der Waals surface area contributed by atoms with Crippen molar-refractivity contribution in [3.63, 3.8) is 0 Å². The maximum absolute atomic E-state index is 13.0. The van der Waals surface area contributed by atoms with Crippen LogP contribution in [0.5, 0.6) is 11.6 Å². The lowest BCUT2D eigenvalue weighted by molar-refractivity contribution is 0.102. The maximum atomic E-state index is 13.0. The van der Waals surface area contributed by atoms with E-state index in [-0.39, 0.29) is 5.91 Å². The fraction of sp³-hybridized carbons (Fsp3) is 0.0769. The van der Waals surface area contributed by atoms with Gasteiger partial charge in [0.15, 0.2) is 10.9 Å². The smallest absolute Gasteiger partial charge is 0.257 e. The lowest BCUT2D eigenvalue weighted by Gasteiger charge is -2.08. The summed E-state index contributed by atoms with van der Waals surface area (Å²) in [6, 6.07) is 18.2. The number of anilines is 1. The van der Waals surface area contributed by atoms with E-state index in [9.17, 15) is 4.79 Å². The fourth-order valence-corrected chi connectivity index (χ4v) is 4.30. The minimum atomic E-state index is -0.317. The molecule has 1 amide bonds. The number of aromatic nitrogens is 3. The zero-order valence-electron chi connectivity index (χ0n) is 18.7. The standard InChI is InChI=1S/C26H20N4O4S/c1-32-20-6-4-17(5-7-20)16-34-22-15-19(10-13-28-22)25(31)30-26-29-23(21-3-2-14-33-21)24(35-26)18-8-11-27-12-9-18/h2-15H,16H2,1H3,(H,29,30,31). The summed E-state index contributed by atoms with van der Waals surface area (Å²) >= 11 is 1.36. The van der Waals surface area contributed by atoms with Gasteiger partial charge in [0, 0.05) is 30.2 Å². The average Bonchev–Trinajstić information content (AvgIpc) is 3.59. The molecule has 0 saturated heterocycles. The number of hydrogen-bond acceptors (Lipinski definition) is 8. The van der Waals surface area contributed by atoms with Crippen LogP contribution in [-0.2, 0) is 6.61 Å². The van der Waals surface area contributed by atoms with E-state index in [0.29, 0.717) is 34.6 Å². The van der Waals surface area contributed by atoms with Gasteiger partial charge in [-0.3, -0.25) is 15.1 Å². The van der Waals surface area contributed by atoms with Crippen molar-refractivity contribution in [1.29, 1.82) is 0 Å². The highest BCUT2D eigenvalue weighted by Crippen LogP contribution is 2.39. The Morgan fingerprint density at radius 2 is 1.89 bits per heavy atom. The number of furan rings is 1. The summed E-state index contributed by atoms with van der Waals surface area (Å²) < 4.78 is 16.5. The molecule has 4 heterocycles. The number of thiazole rings is 1. The number of carbonyl (C=O) groups is 1. The van der Waals surface area contributed by atoms with Crippen molar-refractivity contribution in [2.75, 3.05) is 12.4 Å². The number of carbonyl (C=O) groups excluding carboxylic acids is 1. The molecule has 0 fully saturated rings. The molecule has 5 aromatic rings. The van der Waals surface area contributed by atoms with Crippen LogP contribution >= 0.6 is 11.3 Å². The monoisotopic (exact) mass is 484 g/mol. The molecule has 0 spiro atoms. The molecule has 0 aliphatic carbocycles. The van der Waals surface area contributed by atoms with Crippen LogP contribution in [0, 0.1) is 0 Å². The summed E-state index contributed by atoms with van der Waals surface area (Å²) in [6.07, 6.45) is 6.55. The molecular formula is C26H20N4O4S. The van der Waals surface area contributed by atoms with Gasteiger partial charge in [0.05, 0.1) is 18.3 Å². The highest BCUT2D eigenvalue weighted by Gasteiger charge is 2.19. The van der Waals surface area contributed by atoms with E-state index >= 15 is 0 Å². The summed E-state index contributed by atoms with van der Waals surface area (Å²) in [6.45, 7) is 0.316. The van der Waals surface area contributed by atoms with Gasteiger partial charge in [0.1, 0.15) is 18.1 Å². The van der Waals surface area contributed by atoms with Crippen molar-refractivity contribution in [2.24, 2.45) is 0 Å². The zero-order valence-corrected chi connectivity index (χ0v) is 19.5. The lowest BCUT2D eigenvalue weighted by Crippen LogP contribution is -2.12. The maximum Gasteiger partial charge on any atom is 0.257 e. The topological polar surface area (TPSA) is 99.4 Å². The van der Waals surface area contributed by atoms with E-state index in [1.54, 1.807) is 44.0 Å². The third kappa shape index (κ3) is 5.20. The van der Waals surface area contributed by atoms with Gasteiger partial charge in [-0.2, -0.15) is 0 Å². The van der Waals surface area contributed by atoms with Crippen LogP contribution < -0.4 is 14.8 Å². The van der Waals surface area contributed by atoms with Gasteiger partial charge in [-0.15, -0.1) is 0 Å². The van der Waals surface area contributed by atoms with Crippen molar-refractivity contribution < 1.29 is 18.7 Å². The lowest BCUT2D eigenvalue weighted by atomic mass is 10.2. The van der Waals surface area contributed by atoms with Crippen molar-refractivity contribution in [1.82, 2.24) is 15.0 Å². The van der Waals surface area contributed by atoms with E-state index in [0.717, 1.165) is 21.8 Å². The SMILES string of the molecule is COc1ccc(COc2cc(C(=O)Nc3nc(-c4ccco4)c(-c4ccncc4)s3)ccn2)cc1. The number of methoxy groups -OCH3 is 1. The fourth-order valence-electron chi connectivity index (χ4n) is 3.33. The molecule has 0 atom stereocenters. The molecule has 174 valence electrons. The Morgan fingerprint density at radius 1 is 1.06 bits per heavy atom. The Labute approximate surface area is 205 Å². The van der Waals surface area contributed by atoms with Gasteiger partial charge >= 0.3 is 0 Å². The minimum Gasteiger partial charge on any atom is -0.497 e. The number of hydrogen-bond donors (Lipinski definition) is 1. The number of ether oxygens (including phenoxy) is 2. The third-order valence-electron chi connectivity index (χ3n) is 5.09. The van der Waals surface area contributed by atoms with Crippen LogP contribution in [0.3, 0.4) is 0 Å².